The number of alkyl halides is 1. The molecule has 7 rings (SSSR count). The van der Waals surface area contributed by atoms with E-state index in [0.29, 0.717) is 24.6 Å². The second-order valence-electron chi connectivity index (χ2n) is 13.7. The molecule has 2 saturated heterocycles. The molecule has 0 N–H and O–H groups in total. The van der Waals surface area contributed by atoms with Crippen molar-refractivity contribution < 1.29 is 13.9 Å². The summed E-state index contributed by atoms with van der Waals surface area (Å²) in [5.74, 6) is 0.437. The molecular formula is C33H37FN2O2Si. The maximum absolute atomic E-state index is 13.8. The van der Waals surface area contributed by atoms with E-state index in [4.69, 9.17) is 4.74 Å². The van der Waals surface area contributed by atoms with Crippen LogP contribution < -0.4 is 20.2 Å². The van der Waals surface area contributed by atoms with Gasteiger partial charge in [-0.3, -0.25) is 0 Å². The first-order chi connectivity index (χ1) is 18.4. The van der Waals surface area contributed by atoms with Crippen molar-refractivity contribution in [3.05, 3.63) is 82.4 Å². The number of benzene rings is 3. The molecule has 4 aliphatic rings. The number of halogens is 1. The summed E-state index contributed by atoms with van der Waals surface area (Å²) in [6, 6.07) is 19.6. The molecule has 39 heavy (non-hydrogen) atoms. The number of anilines is 2. The second kappa shape index (κ2) is 7.97. The molecule has 4 heterocycles. The molecule has 2 fully saturated rings. The fourth-order valence-corrected chi connectivity index (χ4v) is 10.2. The van der Waals surface area contributed by atoms with Crippen LogP contribution in [0.25, 0.3) is 0 Å². The average Bonchev–Trinajstić information content (AvgIpc) is 3.15. The Bertz CT molecular complexity index is 1460. The Hall–Kier alpha value is -3.12. The molecule has 3 aromatic carbocycles. The zero-order valence-electron chi connectivity index (χ0n) is 23.8. The fraction of sp³-hybridized carbons (Fsp3) is 0.424. The molecule has 6 heteroatoms. The maximum atomic E-state index is 13.8. The molecule has 0 radical (unpaired) electrons. The summed E-state index contributed by atoms with van der Waals surface area (Å²) in [6.07, 6.45) is -0.765. The van der Waals surface area contributed by atoms with Crippen LogP contribution >= 0.6 is 0 Å². The first-order valence-corrected chi connectivity index (χ1v) is 17.2. The molecule has 4 aliphatic heterocycles. The summed E-state index contributed by atoms with van der Waals surface area (Å²) in [5, 5.41) is 2.59. The quantitative estimate of drug-likeness (QED) is 0.331. The van der Waals surface area contributed by atoms with Gasteiger partial charge in [-0.15, -0.1) is 0 Å². The minimum absolute atomic E-state index is 0.0709. The predicted molar refractivity (Wildman–Crippen MR) is 159 cm³/mol. The van der Waals surface area contributed by atoms with E-state index in [1.165, 1.54) is 21.6 Å². The Kier molecular flexibility index (Phi) is 5.08. The SMILES string of the molecule is CC1CN(c2ccc3c(c2)[Si](C)(C)c2cc(N4CC(F)C4)ccc2C32OC(=O)c3ccc(C(C)(C)C)cc32)C1. The highest BCUT2D eigenvalue weighted by atomic mass is 28.3. The Labute approximate surface area is 231 Å². The lowest BCUT2D eigenvalue weighted by Crippen LogP contribution is -2.64. The van der Waals surface area contributed by atoms with E-state index in [-0.39, 0.29) is 11.4 Å². The summed E-state index contributed by atoms with van der Waals surface area (Å²) in [7, 11) is -2.22. The van der Waals surface area contributed by atoms with Crippen molar-refractivity contribution in [1.82, 2.24) is 0 Å². The van der Waals surface area contributed by atoms with E-state index >= 15 is 0 Å². The van der Waals surface area contributed by atoms with Crippen LogP contribution in [0.2, 0.25) is 13.1 Å². The second-order valence-corrected chi connectivity index (χ2v) is 18.0. The van der Waals surface area contributed by atoms with Gasteiger partial charge in [0.15, 0.2) is 5.60 Å². The van der Waals surface area contributed by atoms with Crippen molar-refractivity contribution in [3.63, 3.8) is 0 Å². The molecule has 0 aliphatic carbocycles. The van der Waals surface area contributed by atoms with Crippen molar-refractivity contribution >= 4 is 35.8 Å². The van der Waals surface area contributed by atoms with Crippen molar-refractivity contribution in [3.8, 4) is 0 Å². The Balaban J connectivity index is 1.50. The zero-order valence-corrected chi connectivity index (χ0v) is 24.8. The van der Waals surface area contributed by atoms with Gasteiger partial charge in [0.25, 0.3) is 0 Å². The van der Waals surface area contributed by atoms with Gasteiger partial charge >= 0.3 is 5.97 Å². The molecule has 0 bridgehead atoms. The average molecular weight is 541 g/mol. The Morgan fingerprint density at radius 1 is 0.846 bits per heavy atom. The molecule has 202 valence electrons. The topological polar surface area (TPSA) is 32.8 Å². The molecule has 0 amide bonds. The van der Waals surface area contributed by atoms with Crippen LogP contribution in [0, 0.1) is 5.92 Å². The summed E-state index contributed by atoms with van der Waals surface area (Å²) < 4.78 is 20.4. The lowest BCUT2D eigenvalue weighted by molar-refractivity contribution is 0.0255. The number of hydrogen-bond donors (Lipinski definition) is 0. The van der Waals surface area contributed by atoms with E-state index in [9.17, 15) is 9.18 Å². The normalized spacial score (nSPS) is 23.6. The summed E-state index contributed by atoms with van der Waals surface area (Å²) in [6.45, 7) is 16.7. The minimum atomic E-state index is -2.22. The third kappa shape index (κ3) is 3.43. The number of nitrogens with zero attached hydrogens (tertiary/aromatic N) is 2. The molecule has 0 saturated carbocycles. The van der Waals surface area contributed by atoms with Gasteiger partial charge in [0.1, 0.15) is 14.2 Å². The third-order valence-electron chi connectivity index (χ3n) is 9.47. The van der Waals surface area contributed by atoms with Crippen LogP contribution in [0.4, 0.5) is 15.8 Å². The summed E-state index contributed by atoms with van der Waals surface area (Å²) >= 11 is 0. The van der Waals surface area contributed by atoms with Crippen LogP contribution in [0.5, 0.6) is 0 Å². The van der Waals surface area contributed by atoms with Gasteiger partial charge in [0.2, 0.25) is 0 Å². The molecule has 3 aromatic rings. The zero-order chi connectivity index (χ0) is 27.5. The number of esters is 1. The fourth-order valence-electron chi connectivity index (χ4n) is 7.07. The van der Waals surface area contributed by atoms with Crippen LogP contribution in [0.15, 0.2) is 54.6 Å². The summed E-state index contributed by atoms with van der Waals surface area (Å²) in [5.41, 5.74) is 6.18. The van der Waals surface area contributed by atoms with E-state index < -0.39 is 19.8 Å². The number of carbonyl (C=O) groups excluding carboxylic acids is 1. The van der Waals surface area contributed by atoms with E-state index in [0.717, 1.165) is 35.5 Å². The lowest BCUT2D eigenvalue weighted by atomic mass is 9.76. The van der Waals surface area contributed by atoms with Crippen LogP contribution in [-0.4, -0.2) is 46.4 Å². The number of hydrogen-bond acceptors (Lipinski definition) is 4. The maximum Gasteiger partial charge on any atom is 0.340 e. The van der Waals surface area contributed by atoms with Gasteiger partial charge < -0.3 is 14.5 Å². The number of ether oxygens (including phenoxy) is 1. The first-order valence-electron chi connectivity index (χ1n) is 14.2. The number of carbonyl (C=O) groups is 1. The van der Waals surface area contributed by atoms with Gasteiger partial charge in [-0.1, -0.05) is 59.0 Å². The number of fused-ring (bicyclic) bond motifs is 6. The van der Waals surface area contributed by atoms with E-state index in [1.54, 1.807) is 0 Å². The van der Waals surface area contributed by atoms with Gasteiger partial charge in [0.05, 0.1) is 18.7 Å². The van der Waals surface area contributed by atoms with Crippen molar-refractivity contribution in [2.75, 3.05) is 36.0 Å². The smallest absolute Gasteiger partial charge is 0.340 e. The highest BCUT2D eigenvalue weighted by Gasteiger charge is 2.56. The largest absolute Gasteiger partial charge is 0.441 e. The molecule has 1 unspecified atom stereocenters. The van der Waals surface area contributed by atoms with Gasteiger partial charge in [-0.2, -0.15) is 0 Å². The molecular weight excluding hydrogens is 503 g/mol. The molecule has 0 aromatic heterocycles. The summed E-state index contributed by atoms with van der Waals surface area (Å²) in [4.78, 5) is 18.1. The lowest BCUT2D eigenvalue weighted by Gasteiger charge is -2.46. The first kappa shape index (κ1) is 24.9. The number of rotatable bonds is 2. The van der Waals surface area contributed by atoms with E-state index in [2.05, 4.69) is 99.1 Å². The van der Waals surface area contributed by atoms with Gasteiger partial charge in [-0.25, -0.2) is 9.18 Å². The Morgan fingerprint density at radius 3 is 1.92 bits per heavy atom. The van der Waals surface area contributed by atoms with Crippen LogP contribution in [0.1, 0.15) is 60.3 Å². The predicted octanol–water partition coefficient (Wildman–Crippen LogP) is 5.20. The van der Waals surface area contributed by atoms with Crippen molar-refractivity contribution in [1.29, 1.82) is 0 Å². The van der Waals surface area contributed by atoms with Crippen molar-refractivity contribution in [2.24, 2.45) is 5.92 Å². The highest BCUT2D eigenvalue weighted by Crippen LogP contribution is 2.50. The highest BCUT2D eigenvalue weighted by molar-refractivity contribution is 7.01. The molecule has 1 spiro atoms. The van der Waals surface area contributed by atoms with Crippen molar-refractivity contribution in [2.45, 2.75) is 58.0 Å². The molecule has 4 nitrogen and oxygen atoms in total. The Morgan fingerprint density at radius 2 is 1.41 bits per heavy atom. The minimum Gasteiger partial charge on any atom is -0.441 e. The third-order valence-corrected chi connectivity index (χ3v) is 13.0. The van der Waals surface area contributed by atoms with E-state index in [1.807, 2.05) is 6.07 Å². The van der Waals surface area contributed by atoms with Gasteiger partial charge in [-0.05, 0) is 63.7 Å². The monoisotopic (exact) mass is 540 g/mol. The van der Waals surface area contributed by atoms with Gasteiger partial charge in [0, 0.05) is 41.2 Å². The standard InChI is InChI=1S/C33H37FN2O2Si/c1-20-16-35(17-20)23-8-11-26-29(14-23)39(5,6)30-15-24(36-18-22(34)19-36)9-12-27(30)33(26)28-13-21(32(2,3)4)7-10-25(28)31(37)38-33/h7-15,20,22H,16-19H2,1-6H3. The molecule has 1 atom stereocenters. The van der Waals surface area contributed by atoms with Crippen LogP contribution in [0.3, 0.4) is 0 Å². The van der Waals surface area contributed by atoms with Crippen LogP contribution in [-0.2, 0) is 15.8 Å².